The quantitative estimate of drug-likeness (QED) is 0.868. The lowest BCUT2D eigenvalue weighted by molar-refractivity contribution is -0.206. The molecule has 2 aliphatic heterocycles. The molecule has 3 fully saturated rings. The third-order valence-electron chi connectivity index (χ3n) is 6.09. The number of aliphatic hydroxyl groups is 1. The zero-order valence-corrected chi connectivity index (χ0v) is 15.0. The molecule has 3 aliphatic rings. The number of ether oxygens (including phenoxy) is 2. The molecule has 2 aromatic rings. The van der Waals surface area contributed by atoms with Gasteiger partial charge in [0.25, 0.3) is 0 Å². The van der Waals surface area contributed by atoms with Crippen molar-refractivity contribution in [2.75, 3.05) is 13.7 Å². The van der Waals surface area contributed by atoms with Crippen LogP contribution in [-0.2, 0) is 4.74 Å². The molecule has 2 saturated heterocycles. The highest BCUT2D eigenvalue weighted by atomic mass is 19.1. The normalized spacial score (nSPS) is 30.3. The van der Waals surface area contributed by atoms with E-state index >= 15 is 0 Å². The van der Waals surface area contributed by atoms with Crippen LogP contribution >= 0.6 is 0 Å². The van der Waals surface area contributed by atoms with Crippen LogP contribution in [0.5, 0.6) is 5.88 Å². The summed E-state index contributed by atoms with van der Waals surface area (Å²) in [6.07, 6.45) is 3.29. The Hall–Kier alpha value is -1.83. The molecular weight excluding hydrogens is 337 g/mol. The van der Waals surface area contributed by atoms with Crippen LogP contribution in [0.2, 0.25) is 0 Å². The first-order valence-electron chi connectivity index (χ1n) is 8.98. The highest BCUT2D eigenvalue weighted by Crippen LogP contribution is 2.47. The second-order valence-electron chi connectivity index (χ2n) is 7.69. The Morgan fingerprint density at radius 2 is 2.04 bits per heavy atom. The molecule has 26 heavy (non-hydrogen) atoms. The van der Waals surface area contributed by atoms with Crippen molar-refractivity contribution in [2.45, 2.75) is 55.8 Å². The van der Waals surface area contributed by atoms with E-state index in [1.165, 1.54) is 13.3 Å². The van der Waals surface area contributed by atoms with Gasteiger partial charge in [-0.1, -0.05) is 6.92 Å². The highest BCUT2D eigenvalue weighted by Gasteiger charge is 2.53. The maximum atomic E-state index is 14.7. The smallest absolute Gasteiger partial charge is 0.213 e. The van der Waals surface area contributed by atoms with E-state index in [-0.39, 0.29) is 5.54 Å². The van der Waals surface area contributed by atoms with Gasteiger partial charge in [0.2, 0.25) is 5.88 Å². The number of hydrogen-bond donors (Lipinski definition) is 2. The van der Waals surface area contributed by atoms with Gasteiger partial charge in [-0.3, -0.25) is 4.98 Å². The summed E-state index contributed by atoms with van der Waals surface area (Å²) in [6, 6.07) is 3.42. The number of rotatable bonds is 4. The Morgan fingerprint density at radius 1 is 1.31 bits per heavy atom. The summed E-state index contributed by atoms with van der Waals surface area (Å²) in [5.74, 6) is -0.616. The lowest BCUT2D eigenvalue weighted by Crippen LogP contribution is -2.64. The summed E-state index contributed by atoms with van der Waals surface area (Å²) in [5, 5.41) is 11.2. The summed E-state index contributed by atoms with van der Waals surface area (Å²) in [4.78, 5) is 8.48. The lowest BCUT2D eigenvalue weighted by Gasteiger charge is -2.54. The van der Waals surface area contributed by atoms with Crippen LogP contribution in [0.1, 0.15) is 44.1 Å². The fourth-order valence-electron chi connectivity index (χ4n) is 4.33. The SMILES string of the molecule is COc1ccc2ncc(F)c(C(C)C(O)C34CCC(N)(CC3)CO4)c2n1. The maximum Gasteiger partial charge on any atom is 0.213 e. The first-order chi connectivity index (χ1) is 12.4. The van der Waals surface area contributed by atoms with E-state index in [2.05, 4.69) is 9.97 Å². The van der Waals surface area contributed by atoms with Crippen LogP contribution in [0.25, 0.3) is 11.0 Å². The number of nitrogens with two attached hydrogens (primary N) is 1. The Balaban J connectivity index is 1.74. The van der Waals surface area contributed by atoms with Gasteiger partial charge in [-0.25, -0.2) is 9.37 Å². The third kappa shape index (κ3) is 2.66. The fourth-order valence-corrected chi connectivity index (χ4v) is 4.33. The Bertz CT molecular complexity index is 820. The molecule has 2 atom stereocenters. The molecule has 7 heteroatoms. The lowest BCUT2D eigenvalue weighted by atomic mass is 9.67. The monoisotopic (exact) mass is 361 g/mol. The van der Waals surface area contributed by atoms with E-state index in [1.54, 1.807) is 19.1 Å². The van der Waals surface area contributed by atoms with Crippen molar-refractivity contribution in [3.8, 4) is 5.88 Å². The van der Waals surface area contributed by atoms with Crippen LogP contribution in [0, 0.1) is 5.82 Å². The number of fused-ring (bicyclic) bond motifs is 4. The zero-order chi connectivity index (χ0) is 18.5. The van der Waals surface area contributed by atoms with Crippen LogP contribution in [0.15, 0.2) is 18.3 Å². The molecular formula is C19H24FN3O3. The summed E-state index contributed by atoms with van der Waals surface area (Å²) in [6.45, 7) is 2.24. The molecule has 4 heterocycles. The van der Waals surface area contributed by atoms with Gasteiger partial charge >= 0.3 is 0 Å². The van der Waals surface area contributed by atoms with E-state index in [1.807, 2.05) is 0 Å². The predicted octanol–water partition coefficient (Wildman–Crippen LogP) is 2.28. The van der Waals surface area contributed by atoms with Gasteiger partial charge in [0.1, 0.15) is 5.82 Å². The van der Waals surface area contributed by atoms with E-state index in [0.29, 0.717) is 41.9 Å². The van der Waals surface area contributed by atoms with Crippen molar-refractivity contribution < 1.29 is 19.0 Å². The highest BCUT2D eigenvalue weighted by molar-refractivity contribution is 5.79. The fraction of sp³-hybridized carbons (Fsp3) is 0.579. The van der Waals surface area contributed by atoms with Crippen molar-refractivity contribution in [3.05, 3.63) is 29.7 Å². The van der Waals surface area contributed by atoms with Crippen molar-refractivity contribution >= 4 is 11.0 Å². The molecule has 1 aliphatic carbocycles. The van der Waals surface area contributed by atoms with E-state index in [9.17, 15) is 9.50 Å². The number of aliphatic hydroxyl groups excluding tert-OH is 1. The Morgan fingerprint density at radius 3 is 2.65 bits per heavy atom. The molecule has 3 N–H and O–H groups in total. The minimum absolute atomic E-state index is 0.283. The second-order valence-corrected chi connectivity index (χ2v) is 7.69. The molecule has 0 radical (unpaired) electrons. The second kappa shape index (κ2) is 6.11. The zero-order valence-electron chi connectivity index (χ0n) is 15.0. The minimum Gasteiger partial charge on any atom is -0.481 e. The van der Waals surface area contributed by atoms with Gasteiger partial charge in [0.05, 0.1) is 42.7 Å². The van der Waals surface area contributed by atoms with Crippen molar-refractivity contribution in [1.82, 2.24) is 9.97 Å². The molecule has 5 rings (SSSR count). The average molecular weight is 361 g/mol. The molecule has 1 saturated carbocycles. The first kappa shape index (κ1) is 17.6. The number of methoxy groups -OCH3 is 1. The van der Waals surface area contributed by atoms with Crippen LogP contribution in [0.3, 0.4) is 0 Å². The van der Waals surface area contributed by atoms with Crippen LogP contribution in [-0.4, -0.2) is 46.0 Å². The molecule has 0 amide bonds. The summed E-state index contributed by atoms with van der Waals surface area (Å²) in [5.41, 5.74) is 6.63. The molecule has 2 aromatic heterocycles. The predicted molar refractivity (Wildman–Crippen MR) is 94.5 cm³/mol. The van der Waals surface area contributed by atoms with Gasteiger partial charge in [0, 0.05) is 23.1 Å². The van der Waals surface area contributed by atoms with E-state index in [4.69, 9.17) is 15.2 Å². The molecule has 6 nitrogen and oxygen atoms in total. The number of nitrogens with zero attached hydrogens (tertiary/aromatic N) is 2. The van der Waals surface area contributed by atoms with Crippen LogP contribution in [0.4, 0.5) is 4.39 Å². The molecule has 2 unspecified atom stereocenters. The summed E-state index contributed by atoms with van der Waals surface area (Å²) >= 11 is 0. The van der Waals surface area contributed by atoms with E-state index in [0.717, 1.165) is 12.8 Å². The van der Waals surface area contributed by atoms with Gasteiger partial charge in [0.15, 0.2) is 0 Å². The number of halogens is 1. The standard InChI is InChI=1S/C19H24FN3O3/c1-11(17(24)19-7-5-18(21,6-8-19)10-26-19)15-12(20)9-22-13-3-4-14(25-2)23-16(13)15/h3-4,9,11,17,24H,5-8,10,21H2,1-2H3. The number of hydrogen-bond acceptors (Lipinski definition) is 6. The third-order valence-corrected chi connectivity index (χ3v) is 6.09. The molecule has 0 spiro atoms. The van der Waals surface area contributed by atoms with Gasteiger partial charge in [-0.05, 0) is 31.7 Å². The first-order valence-corrected chi connectivity index (χ1v) is 8.98. The number of aromatic nitrogens is 2. The van der Waals surface area contributed by atoms with E-state index < -0.39 is 23.4 Å². The Kier molecular flexibility index (Phi) is 4.13. The summed E-state index contributed by atoms with van der Waals surface area (Å²) < 4.78 is 25.9. The topological polar surface area (TPSA) is 90.5 Å². The minimum atomic E-state index is -0.861. The largest absolute Gasteiger partial charge is 0.481 e. The van der Waals surface area contributed by atoms with Crippen LogP contribution < -0.4 is 10.5 Å². The van der Waals surface area contributed by atoms with Gasteiger partial charge < -0.3 is 20.3 Å². The molecule has 0 aromatic carbocycles. The molecule has 2 bridgehead atoms. The molecule has 140 valence electrons. The number of pyridine rings is 2. The summed E-state index contributed by atoms with van der Waals surface area (Å²) in [7, 11) is 1.51. The van der Waals surface area contributed by atoms with Crippen molar-refractivity contribution in [2.24, 2.45) is 5.73 Å². The van der Waals surface area contributed by atoms with Gasteiger partial charge in [-0.2, -0.15) is 0 Å². The van der Waals surface area contributed by atoms with Gasteiger partial charge in [-0.15, -0.1) is 0 Å². The van der Waals surface area contributed by atoms with Crippen molar-refractivity contribution in [1.29, 1.82) is 0 Å². The maximum absolute atomic E-state index is 14.7. The van der Waals surface area contributed by atoms with Crippen molar-refractivity contribution in [3.63, 3.8) is 0 Å². The average Bonchev–Trinajstić information content (AvgIpc) is 2.67. The Labute approximate surface area is 151 Å².